The summed E-state index contributed by atoms with van der Waals surface area (Å²) in [6.07, 6.45) is 6.87. The summed E-state index contributed by atoms with van der Waals surface area (Å²) >= 11 is 1.26. The van der Waals surface area contributed by atoms with Crippen molar-refractivity contribution in [3.05, 3.63) is 47.6 Å². The van der Waals surface area contributed by atoms with E-state index in [0.29, 0.717) is 23.9 Å². The minimum atomic E-state index is -0.300. The molecule has 2 aliphatic rings. The van der Waals surface area contributed by atoms with Crippen LogP contribution in [0.25, 0.3) is 5.70 Å². The fourth-order valence-corrected chi connectivity index (χ4v) is 3.40. The topological polar surface area (TPSA) is 92.6 Å². The third kappa shape index (κ3) is 3.00. The molecule has 2 aliphatic heterocycles. The van der Waals surface area contributed by atoms with Gasteiger partial charge in [0, 0.05) is 30.4 Å². The minimum absolute atomic E-state index is 0.174. The molecule has 1 N–H and O–H groups in total. The Morgan fingerprint density at radius 3 is 3.19 bits per heavy atom. The molecule has 9 nitrogen and oxygen atoms in total. The van der Waals surface area contributed by atoms with E-state index in [0.717, 1.165) is 5.70 Å². The van der Waals surface area contributed by atoms with E-state index in [1.165, 1.54) is 16.4 Å². The van der Waals surface area contributed by atoms with Gasteiger partial charge in [0.2, 0.25) is 0 Å². The standard InChI is InChI=1S/C16H16N6O3S/c1-2-6-25-22-12-8-11(9-20(10-12)16(22)24)21-5-3-13(19-21)18-14(23)15-17-4-7-26-15/h2-5,7-8,12H,1,6,9-10H2,(H,18,19,23). The van der Waals surface area contributed by atoms with Crippen LogP contribution in [0.15, 0.2) is 42.6 Å². The van der Waals surface area contributed by atoms with Crippen molar-refractivity contribution in [1.29, 1.82) is 0 Å². The predicted octanol–water partition coefficient (Wildman–Crippen LogP) is 1.67. The van der Waals surface area contributed by atoms with Gasteiger partial charge in [-0.2, -0.15) is 10.2 Å². The monoisotopic (exact) mass is 372 g/mol. The van der Waals surface area contributed by atoms with Crippen molar-refractivity contribution in [2.75, 3.05) is 25.0 Å². The summed E-state index contributed by atoms with van der Waals surface area (Å²) in [4.78, 5) is 35.5. The second-order valence-corrected chi connectivity index (χ2v) is 6.63. The van der Waals surface area contributed by atoms with Crippen molar-refractivity contribution < 1.29 is 14.4 Å². The molecule has 134 valence electrons. The number of aromatic nitrogens is 3. The summed E-state index contributed by atoms with van der Waals surface area (Å²) in [5, 5.41) is 10.6. The number of urea groups is 1. The summed E-state index contributed by atoms with van der Waals surface area (Å²) in [6, 6.07) is 1.35. The Kier molecular flexibility index (Phi) is 4.27. The molecule has 2 bridgehead atoms. The van der Waals surface area contributed by atoms with E-state index in [9.17, 15) is 9.59 Å². The molecule has 0 spiro atoms. The molecule has 0 saturated carbocycles. The molecular weight excluding hydrogens is 356 g/mol. The first-order chi connectivity index (χ1) is 12.7. The van der Waals surface area contributed by atoms with Gasteiger partial charge in [-0.25, -0.2) is 14.5 Å². The highest BCUT2D eigenvalue weighted by Gasteiger charge is 2.41. The van der Waals surface area contributed by atoms with E-state index >= 15 is 0 Å². The van der Waals surface area contributed by atoms with Crippen molar-refractivity contribution in [3.63, 3.8) is 0 Å². The highest BCUT2D eigenvalue weighted by molar-refractivity contribution is 7.11. The van der Waals surface area contributed by atoms with Crippen LogP contribution in [0, 0.1) is 0 Å². The van der Waals surface area contributed by atoms with Gasteiger partial charge in [-0.3, -0.25) is 9.63 Å². The Morgan fingerprint density at radius 1 is 1.54 bits per heavy atom. The molecule has 0 aliphatic carbocycles. The molecule has 1 atom stereocenters. The largest absolute Gasteiger partial charge is 0.345 e. The van der Waals surface area contributed by atoms with E-state index in [2.05, 4.69) is 22.0 Å². The Balaban J connectivity index is 1.49. The normalized spacial score (nSPS) is 18.8. The van der Waals surface area contributed by atoms with Gasteiger partial charge in [-0.1, -0.05) is 6.08 Å². The van der Waals surface area contributed by atoms with Crippen LogP contribution in [-0.2, 0) is 4.84 Å². The van der Waals surface area contributed by atoms with Gasteiger partial charge >= 0.3 is 6.03 Å². The first-order valence-electron chi connectivity index (χ1n) is 7.95. The number of rotatable bonds is 6. The molecule has 4 heterocycles. The fraction of sp³-hybridized carbons (Fsp3) is 0.250. The number of anilines is 1. The zero-order chi connectivity index (χ0) is 18.1. The zero-order valence-electron chi connectivity index (χ0n) is 13.7. The number of fused-ring (bicyclic) bond motifs is 2. The maximum atomic E-state index is 12.3. The van der Waals surface area contributed by atoms with Crippen LogP contribution in [0.3, 0.4) is 0 Å². The average molecular weight is 372 g/mol. The summed E-state index contributed by atoms with van der Waals surface area (Å²) < 4.78 is 1.65. The van der Waals surface area contributed by atoms with Crippen LogP contribution >= 0.6 is 11.3 Å². The molecule has 2 aromatic rings. The molecule has 3 amide bonds. The quantitative estimate of drug-likeness (QED) is 0.779. The number of nitrogens with zero attached hydrogens (tertiary/aromatic N) is 5. The van der Waals surface area contributed by atoms with E-state index in [1.54, 1.807) is 39.5 Å². The lowest BCUT2D eigenvalue weighted by atomic mass is 10.2. The third-order valence-corrected chi connectivity index (χ3v) is 4.76. The second kappa shape index (κ2) is 6.73. The van der Waals surface area contributed by atoms with Crippen LogP contribution in [0.2, 0.25) is 0 Å². The molecule has 4 rings (SSSR count). The van der Waals surface area contributed by atoms with Crippen molar-refractivity contribution in [2.24, 2.45) is 0 Å². The summed E-state index contributed by atoms with van der Waals surface area (Å²) in [7, 11) is 0. The molecular formula is C16H16N6O3S. The SMILES string of the molecule is C=CCON1C(=O)N2CC(n3ccc(NC(=O)c4nccs4)n3)=CC1C2. The van der Waals surface area contributed by atoms with E-state index in [4.69, 9.17) is 4.84 Å². The van der Waals surface area contributed by atoms with Gasteiger partial charge in [0.15, 0.2) is 10.8 Å². The lowest BCUT2D eigenvalue weighted by Gasteiger charge is -2.21. The number of hydrogen-bond acceptors (Lipinski definition) is 6. The van der Waals surface area contributed by atoms with Gasteiger partial charge in [0.25, 0.3) is 5.91 Å². The van der Waals surface area contributed by atoms with Crippen molar-refractivity contribution in [2.45, 2.75) is 6.04 Å². The molecule has 2 aromatic heterocycles. The number of amides is 3. The maximum absolute atomic E-state index is 12.3. The number of nitrogens with one attached hydrogen (secondary N) is 1. The van der Waals surface area contributed by atoms with Crippen LogP contribution in [0.1, 0.15) is 9.80 Å². The molecule has 1 saturated heterocycles. The smallest absolute Gasteiger partial charge is 0.314 e. The highest BCUT2D eigenvalue weighted by Crippen LogP contribution is 2.26. The Morgan fingerprint density at radius 2 is 2.42 bits per heavy atom. The lowest BCUT2D eigenvalue weighted by Crippen LogP contribution is -2.33. The van der Waals surface area contributed by atoms with Crippen LogP contribution in [-0.4, -0.2) is 62.4 Å². The van der Waals surface area contributed by atoms with E-state index in [-0.39, 0.29) is 24.6 Å². The fourth-order valence-electron chi connectivity index (χ4n) is 2.87. The van der Waals surface area contributed by atoms with Crippen LogP contribution in [0.5, 0.6) is 0 Å². The number of carbonyl (C=O) groups is 2. The molecule has 1 fully saturated rings. The maximum Gasteiger partial charge on any atom is 0.345 e. The van der Waals surface area contributed by atoms with Crippen molar-refractivity contribution in [3.8, 4) is 0 Å². The molecule has 26 heavy (non-hydrogen) atoms. The predicted molar refractivity (Wildman–Crippen MR) is 95.3 cm³/mol. The first-order valence-corrected chi connectivity index (χ1v) is 8.83. The number of hydrogen-bond donors (Lipinski definition) is 1. The molecule has 0 radical (unpaired) electrons. The van der Waals surface area contributed by atoms with Crippen molar-refractivity contribution in [1.82, 2.24) is 24.7 Å². The minimum Gasteiger partial charge on any atom is -0.314 e. The lowest BCUT2D eigenvalue weighted by molar-refractivity contribution is -0.107. The summed E-state index contributed by atoms with van der Waals surface area (Å²) in [5.41, 5.74) is 0.842. The third-order valence-electron chi connectivity index (χ3n) is 3.99. The van der Waals surface area contributed by atoms with Gasteiger partial charge in [-0.05, 0) is 6.08 Å². The number of carbonyl (C=O) groups excluding carboxylic acids is 2. The number of thiazole rings is 1. The molecule has 0 aromatic carbocycles. The van der Waals surface area contributed by atoms with E-state index < -0.39 is 0 Å². The Hall–Kier alpha value is -2.98. The Bertz CT molecular complexity index is 874. The van der Waals surface area contributed by atoms with Gasteiger partial charge < -0.3 is 10.2 Å². The second-order valence-electron chi connectivity index (χ2n) is 5.74. The molecule has 10 heteroatoms. The van der Waals surface area contributed by atoms with Crippen molar-refractivity contribution >= 4 is 34.8 Å². The molecule has 1 unspecified atom stereocenters. The summed E-state index contributed by atoms with van der Waals surface area (Å²) in [6.45, 7) is 4.87. The summed E-state index contributed by atoms with van der Waals surface area (Å²) in [5.74, 6) is 0.121. The zero-order valence-corrected chi connectivity index (χ0v) is 14.6. The van der Waals surface area contributed by atoms with E-state index in [1.807, 2.05) is 6.08 Å². The Labute approximate surface area is 153 Å². The first kappa shape index (κ1) is 16.5. The van der Waals surface area contributed by atoms with Gasteiger partial charge in [-0.15, -0.1) is 17.9 Å². The van der Waals surface area contributed by atoms with Gasteiger partial charge in [0.05, 0.1) is 24.9 Å². The highest BCUT2D eigenvalue weighted by atomic mass is 32.1. The number of hydroxylamine groups is 2. The average Bonchev–Trinajstić information content (AvgIpc) is 3.36. The van der Waals surface area contributed by atoms with Gasteiger partial charge in [0.1, 0.15) is 0 Å². The van der Waals surface area contributed by atoms with Crippen LogP contribution in [0.4, 0.5) is 10.6 Å². The van der Waals surface area contributed by atoms with Crippen LogP contribution < -0.4 is 5.32 Å².